The van der Waals surface area contributed by atoms with Gasteiger partial charge < -0.3 is 20.1 Å². The molecule has 1 unspecified atom stereocenters. The number of hydrogen-bond acceptors (Lipinski definition) is 4. The maximum absolute atomic E-state index is 12.6. The Morgan fingerprint density at radius 3 is 2.31 bits per heavy atom. The summed E-state index contributed by atoms with van der Waals surface area (Å²) in [5, 5.41) is 6.18. The summed E-state index contributed by atoms with van der Waals surface area (Å²) in [6, 6.07) is 23.0. The van der Waals surface area contributed by atoms with E-state index in [4.69, 9.17) is 9.47 Å². The standard InChI is InChI=1S/C24H26N2O3/c1-17(24(27)26-21-11-7-8-12-23(21)29-3)25-20-13-14-22(28-2)19(16-20)15-18-9-5-4-6-10-18/h4-14,16-17,25H,15H2,1-3H3,(H,26,27). The highest BCUT2D eigenvalue weighted by Crippen LogP contribution is 2.26. The Bertz CT molecular complexity index is 957. The fourth-order valence-electron chi connectivity index (χ4n) is 3.13. The fourth-order valence-corrected chi connectivity index (χ4v) is 3.13. The van der Waals surface area contributed by atoms with Gasteiger partial charge in [0.15, 0.2) is 0 Å². The van der Waals surface area contributed by atoms with Gasteiger partial charge in [-0.3, -0.25) is 4.79 Å². The number of anilines is 2. The normalized spacial score (nSPS) is 11.4. The van der Waals surface area contributed by atoms with Gasteiger partial charge >= 0.3 is 0 Å². The lowest BCUT2D eigenvalue weighted by Gasteiger charge is -2.18. The van der Waals surface area contributed by atoms with E-state index in [1.54, 1.807) is 14.2 Å². The third-order valence-corrected chi connectivity index (χ3v) is 4.66. The van der Waals surface area contributed by atoms with Crippen LogP contribution in [0.15, 0.2) is 72.8 Å². The molecule has 2 N–H and O–H groups in total. The van der Waals surface area contributed by atoms with Gasteiger partial charge in [-0.1, -0.05) is 42.5 Å². The number of ether oxygens (including phenoxy) is 2. The van der Waals surface area contributed by atoms with Crippen LogP contribution in [0.25, 0.3) is 0 Å². The van der Waals surface area contributed by atoms with Crippen LogP contribution in [-0.2, 0) is 11.2 Å². The van der Waals surface area contributed by atoms with Crippen molar-refractivity contribution in [1.29, 1.82) is 0 Å². The molecule has 0 bridgehead atoms. The van der Waals surface area contributed by atoms with Gasteiger partial charge in [0, 0.05) is 17.7 Å². The minimum atomic E-state index is -0.433. The van der Waals surface area contributed by atoms with Crippen molar-refractivity contribution in [3.8, 4) is 11.5 Å². The van der Waals surface area contributed by atoms with Crippen LogP contribution in [0.2, 0.25) is 0 Å². The average Bonchev–Trinajstić information content (AvgIpc) is 2.75. The van der Waals surface area contributed by atoms with E-state index in [9.17, 15) is 4.79 Å². The second kappa shape index (κ2) is 9.64. The molecule has 1 atom stereocenters. The van der Waals surface area contributed by atoms with Crippen molar-refractivity contribution in [2.45, 2.75) is 19.4 Å². The van der Waals surface area contributed by atoms with Gasteiger partial charge in [-0.15, -0.1) is 0 Å². The molecular weight excluding hydrogens is 364 g/mol. The molecule has 150 valence electrons. The van der Waals surface area contributed by atoms with Crippen molar-refractivity contribution < 1.29 is 14.3 Å². The Labute approximate surface area is 171 Å². The minimum Gasteiger partial charge on any atom is -0.496 e. The highest BCUT2D eigenvalue weighted by Gasteiger charge is 2.15. The van der Waals surface area contributed by atoms with Crippen LogP contribution in [0, 0.1) is 0 Å². The zero-order valence-corrected chi connectivity index (χ0v) is 16.9. The van der Waals surface area contributed by atoms with Crippen LogP contribution in [-0.4, -0.2) is 26.2 Å². The molecule has 0 aliphatic carbocycles. The summed E-state index contributed by atoms with van der Waals surface area (Å²) in [6.45, 7) is 1.83. The first-order valence-electron chi connectivity index (χ1n) is 9.52. The quantitative estimate of drug-likeness (QED) is 0.584. The number of nitrogens with one attached hydrogen (secondary N) is 2. The number of rotatable bonds is 8. The van der Waals surface area contributed by atoms with Gasteiger partial charge in [0.1, 0.15) is 17.5 Å². The Kier molecular flexibility index (Phi) is 6.74. The molecule has 3 aromatic rings. The van der Waals surface area contributed by atoms with Crippen molar-refractivity contribution in [3.05, 3.63) is 83.9 Å². The van der Waals surface area contributed by atoms with Gasteiger partial charge in [-0.05, 0) is 42.8 Å². The molecule has 0 radical (unpaired) electrons. The number of para-hydroxylation sites is 2. The van der Waals surface area contributed by atoms with Gasteiger partial charge in [0.2, 0.25) is 5.91 Å². The highest BCUT2D eigenvalue weighted by atomic mass is 16.5. The SMILES string of the molecule is COc1ccc(NC(C)C(=O)Nc2ccccc2OC)cc1Cc1ccccc1. The van der Waals surface area contributed by atoms with E-state index in [-0.39, 0.29) is 5.91 Å². The summed E-state index contributed by atoms with van der Waals surface area (Å²) in [4.78, 5) is 12.6. The number of amides is 1. The summed E-state index contributed by atoms with van der Waals surface area (Å²) >= 11 is 0. The van der Waals surface area contributed by atoms with Crippen molar-refractivity contribution in [1.82, 2.24) is 0 Å². The predicted octanol–water partition coefficient (Wildman–Crippen LogP) is 4.73. The maximum atomic E-state index is 12.6. The Hall–Kier alpha value is -3.47. The summed E-state index contributed by atoms with van der Waals surface area (Å²) in [6.07, 6.45) is 0.751. The van der Waals surface area contributed by atoms with Crippen LogP contribution >= 0.6 is 0 Å². The third kappa shape index (κ3) is 5.29. The molecule has 0 heterocycles. The first-order valence-corrected chi connectivity index (χ1v) is 9.52. The van der Waals surface area contributed by atoms with E-state index in [0.717, 1.165) is 23.4 Å². The molecule has 0 spiro atoms. The summed E-state index contributed by atoms with van der Waals surface area (Å²) in [5.41, 5.74) is 3.76. The molecule has 3 aromatic carbocycles. The van der Waals surface area contributed by atoms with Gasteiger partial charge in [0.05, 0.1) is 19.9 Å². The monoisotopic (exact) mass is 390 g/mol. The molecule has 0 aliphatic heterocycles. The lowest BCUT2D eigenvalue weighted by molar-refractivity contribution is -0.116. The van der Waals surface area contributed by atoms with Crippen molar-refractivity contribution in [2.75, 3.05) is 24.9 Å². The number of benzene rings is 3. The summed E-state index contributed by atoms with van der Waals surface area (Å²) in [7, 11) is 3.25. The van der Waals surface area contributed by atoms with E-state index in [1.165, 1.54) is 5.56 Å². The largest absolute Gasteiger partial charge is 0.496 e. The Morgan fingerprint density at radius 1 is 0.897 bits per heavy atom. The van der Waals surface area contributed by atoms with Gasteiger partial charge in [-0.25, -0.2) is 0 Å². The Morgan fingerprint density at radius 2 is 1.59 bits per heavy atom. The second-order valence-corrected chi connectivity index (χ2v) is 6.74. The molecule has 0 aromatic heterocycles. The van der Waals surface area contributed by atoms with E-state index >= 15 is 0 Å². The molecule has 5 nitrogen and oxygen atoms in total. The molecule has 0 aliphatic rings. The maximum Gasteiger partial charge on any atom is 0.246 e. The average molecular weight is 390 g/mol. The molecular formula is C24H26N2O3. The number of carbonyl (C=O) groups excluding carboxylic acids is 1. The topological polar surface area (TPSA) is 59.6 Å². The molecule has 5 heteroatoms. The number of hydrogen-bond donors (Lipinski definition) is 2. The van der Waals surface area contributed by atoms with Crippen LogP contribution in [0.5, 0.6) is 11.5 Å². The molecule has 0 saturated carbocycles. The van der Waals surface area contributed by atoms with Crippen molar-refractivity contribution in [3.63, 3.8) is 0 Å². The van der Waals surface area contributed by atoms with Crippen molar-refractivity contribution in [2.24, 2.45) is 0 Å². The Balaban J connectivity index is 1.71. The highest BCUT2D eigenvalue weighted by molar-refractivity contribution is 5.97. The molecule has 29 heavy (non-hydrogen) atoms. The van der Waals surface area contributed by atoms with Gasteiger partial charge in [0.25, 0.3) is 0 Å². The van der Waals surface area contributed by atoms with Crippen molar-refractivity contribution >= 4 is 17.3 Å². The smallest absolute Gasteiger partial charge is 0.246 e. The molecule has 0 saturated heterocycles. The van der Waals surface area contributed by atoms with Crippen LogP contribution in [0.1, 0.15) is 18.1 Å². The van der Waals surface area contributed by atoms with Gasteiger partial charge in [-0.2, -0.15) is 0 Å². The van der Waals surface area contributed by atoms with E-state index in [1.807, 2.05) is 67.6 Å². The zero-order valence-electron chi connectivity index (χ0n) is 16.9. The van der Waals surface area contributed by atoms with Crippen LogP contribution < -0.4 is 20.1 Å². The molecule has 1 amide bonds. The van der Waals surface area contributed by atoms with Crippen LogP contribution in [0.4, 0.5) is 11.4 Å². The summed E-state index contributed by atoms with van der Waals surface area (Å²) in [5.74, 6) is 1.31. The van der Waals surface area contributed by atoms with E-state index in [0.29, 0.717) is 11.4 Å². The summed E-state index contributed by atoms with van der Waals surface area (Å²) < 4.78 is 10.8. The lowest BCUT2D eigenvalue weighted by Crippen LogP contribution is -2.32. The first kappa shape index (κ1) is 20.3. The minimum absolute atomic E-state index is 0.144. The second-order valence-electron chi connectivity index (χ2n) is 6.74. The lowest BCUT2D eigenvalue weighted by atomic mass is 10.0. The molecule has 0 fully saturated rings. The van der Waals surface area contributed by atoms with E-state index in [2.05, 4.69) is 22.8 Å². The molecule has 3 rings (SSSR count). The predicted molar refractivity (Wildman–Crippen MR) is 117 cm³/mol. The number of methoxy groups -OCH3 is 2. The van der Waals surface area contributed by atoms with Crippen LogP contribution in [0.3, 0.4) is 0 Å². The number of carbonyl (C=O) groups is 1. The van der Waals surface area contributed by atoms with E-state index < -0.39 is 6.04 Å². The zero-order chi connectivity index (χ0) is 20.6. The first-order chi connectivity index (χ1) is 14.1. The third-order valence-electron chi connectivity index (χ3n) is 4.66. The fraction of sp³-hybridized carbons (Fsp3) is 0.208.